The maximum absolute atomic E-state index is 9.72. The first-order chi connectivity index (χ1) is 8.11. The average Bonchev–Trinajstić information content (AvgIpc) is 2.60. The van der Waals surface area contributed by atoms with Crippen LogP contribution in [0.3, 0.4) is 0 Å². The lowest BCUT2D eigenvalue weighted by Crippen LogP contribution is -2.36. The Morgan fingerprint density at radius 3 is 2.35 bits per heavy atom. The molecular weight excluding hydrogens is 290 g/mol. The SMILES string of the molecule is OC[C@@H]1O[C@H](Nc2ccc(Br)cc2)[C@@H](O)[C@H]1O. The van der Waals surface area contributed by atoms with Gasteiger partial charge in [0.1, 0.15) is 18.3 Å². The Bertz CT molecular complexity index is 372. The van der Waals surface area contributed by atoms with Crippen molar-refractivity contribution in [2.24, 2.45) is 0 Å². The molecule has 0 unspecified atom stereocenters. The molecule has 1 aliphatic rings. The minimum absolute atomic E-state index is 0.323. The molecule has 0 aliphatic carbocycles. The molecule has 0 saturated carbocycles. The van der Waals surface area contributed by atoms with E-state index in [1.54, 1.807) is 0 Å². The first-order valence-corrected chi connectivity index (χ1v) is 6.05. The molecule has 4 N–H and O–H groups in total. The molecule has 94 valence electrons. The lowest BCUT2D eigenvalue weighted by molar-refractivity contribution is -0.0153. The van der Waals surface area contributed by atoms with Crippen LogP contribution in [0.4, 0.5) is 5.69 Å². The zero-order chi connectivity index (χ0) is 12.4. The molecule has 17 heavy (non-hydrogen) atoms. The van der Waals surface area contributed by atoms with Gasteiger partial charge < -0.3 is 25.4 Å². The maximum Gasteiger partial charge on any atom is 0.157 e. The average molecular weight is 304 g/mol. The summed E-state index contributed by atoms with van der Waals surface area (Å²) in [5, 5.41) is 31.2. The number of aliphatic hydroxyl groups excluding tert-OH is 3. The van der Waals surface area contributed by atoms with Crippen LogP contribution in [0.25, 0.3) is 0 Å². The molecule has 1 aromatic rings. The molecule has 0 amide bonds. The summed E-state index contributed by atoms with van der Waals surface area (Å²) < 4.78 is 6.24. The van der Waals surface area contributed by atoms with Gasteiger partial charge in [0.25, 0.3) is 0 Å². The van der Waals surface area contributed by atoms with Crippen molar-refractivity contribution in [1.82, 2.24) is 0 Å². The Balaban J connectivity index is 2.02. The van der Waals surface area contributed by atoms with Gasteiger partial charge in [-0.1, -0.05) is 15.9 Å². The Hall–Kier alpha value is -0.660. The monoisotopic (exact) mass is 303 g/mol. The van der Waals surface area contributed by atoms with Crippen LogP contribution < -0.4 is 5.32 Å². The Kier molecular flexibility index (Phi) is 4.01. The van der Waals surface area contributed by atoms with Gasteiger partial charge in [-0.2, -0.15) is 0 Å². The van der Waals surface area contributed by atoms with Crippen LogP contribution in [-0.2, 0) is 4.74 Å². The molecule has 0 radical (unpaired) electrons. The van der Waals surface area contributed by atoms with Crippen LogP contribution in [0, 0.1) is 0 Å². The van der Waals surface area contributed by atoms with Gasteiger partial charge in [0, 0.05) is 10.2 Å². The minimum Gasteiger partial charge on any atom is -0.394 e. The topological polar surface area (TPSA) is 82.0 Å². The lowest BCUT2D eigenvalue weighted by Gasteiger charge is -2.17. The van der Waals surface area contributed by atoms with E-state index < -0.39 is 24.5 Å². The quantitative estimate of drug-likeness (QED) is 0.646. The molecule has 4 atom stereocenters. The molecule has 1 aromatic carbocycles. The number of hydrogen-bond donors (Lipinski definition) is 4. The summed E-state index contributed by atoms with van der Waals surface area (Å²) in [6, 6.07) is 7.34. The van der Waals surface area contributed by atoms with E-state index in [-0.39, 0.29) is 6.61 Å². The molecule has 1 aliphatic heterocycles. The molecule has 1 heterocycles. The van der Waals surface area contributed by atoms with Gasteiger partial charge >= 0.3 is 0 Å². The summed E-state index contributed by atoms with van der Waals surface area (Å²) in [7, 11) is 0. The van der Waals surface area contributed by atoms with E-state index in [2.05, 4.69) is 21.2 Å². The predicted molar refractivity (Wildman–Crippen MR) is 65.5 cm³/mol. The predicted octanol–water partition coefficient (Wildman–Crippen LogP) is 0.300. The number of nitrogens with one attached hydrogen (secondary N) is 1. The van der Waals surface area contributed by atoms with E-state index in [1.165, 1.54) is 0 Å². The summed E-state index contributed by atoms with van der Waals surface area (Å²) in [4.78, 5) is 0. The molecule has 1 fully saturated rings. The third-order valence-electron chi connectivity index (χ3n) is 2.70. The highest BCUT2D eigenvalue weighted by molar-refractivity contribution is 9.10. The Morgan fingerprint density at radius 1 is 1.18 bits per heavy atom. The van der Waals surface area contributed by atoms with Gasteiger partial charge in [0.05, 0.1) is 6.61 Å². The molecular formula is C11H14BrNO4. The number of anilines is 1. The van der Waals surface area contributed by atoms with E-state index in [4.69, 9.17) is 9.84 Å². The van der Waals surface area contributed by atoms with E-state index in [0.717, 1.165) is 10.2 Å². The van der Waals surface area contributed by atoms with Gasteiger partial charge in [-0.05, 0) is 24.3 Å². The van der Waals surface area contributed by atoms with E-state index in [0.29, 0.717) is 0 Å². The Labute approximate surface area is 107 Å². The smallest absolute Gasteiger partial charge is 0.157 e. The zero-order valence-electron chi connectivity index (χ0n) is 8.95. The first-order valence-electron chi connectivity index (χ1n) is 5.26. The highest BCUT2D eigenvalue weighted by Crippen LogP contribution is 2.23. The fraction of sp³-hybridized carbons (Fsp3) is 0.455. The number of benzene rings is 1. The number of ether oxygens (including phenoxy) is 1. The third-order valence-corrected chi connectivity index (χ3v) is 3.22. The van der Waals surface area contributed by atoms with Crippen molar-refractivity contribution in [2.45, 2.75) is 24.5 Å². The highest BCUT2D eigenvalue weighted by Gasteiger charge is 2.42. The molecule has 2 rings (SSSR count). The van der Waals surface area contributed by atoms with Crippen molar-refractivity contribution in [1.29, 1.82) is 0 Å². The van der Waals surface area contributed by atoms with Gasteiger partial charge in [-0.3, -0.25) is 0 Å². The molecule has 6 heteroatoms. The number of aliphatic hydroxyl groups is 3. The normalized spacial score (nSPS) is 32.7. The fourth-order valence-electron chi connectivity index (χ4n) is 1.73. The van der Waals surface area contributed by atoms with Gasteiger partial charge in [-0.25, -0.2) is 0 Å². The van der Waals surface area contributed by atoms with Gasteiger partial charge in [-0.15, -0.1) is 0 Å². The van der Waals surface area contributed by atoms with Crippen molar-refractivity contribution >= 4 is 21.6 Å². The Morgan fingerprint density at radius 2 is 1.82 bits per heavy atom. The summed E-state index contributed by atoms with van der Waals surface area (Å²) in [6.07, 6.45) is -3.61. The van der Waals surface area contributed by atoms with Crippen LogP contribution in [0.2, 0.25) is 0 Å². The molecule has 0 spiro atoms. The van der Waals surface area contributed by atoms with E-state index in [9.17, 15) is 10.2 Å². The fourth-order valence-corrected chi connectivity index (χ4v) is 1.99. The number of rotatable bonds is 3. The second-order valence-corrected chi connectivity index (χ2v) is 4.83. The van der Waals surface area contributed by atoms with Crippen LogP contribution >= 0.6 is 15.9 Å². The highest BCUT2D eigenvalue weighted by atomic mass is 79.9. The molecule has 5 nitrogen and oxygen atoms in total. The van der Waals surface area contributed by atoms with Crippen molar-refractivity contribution in [3.8, 4) is 0 Å². The third kappa shape index (κ3) is 2.78. The number of halogens is 1. The van der Waals surface area contributed by atoms with Crippen LogP contribution in [0.5, 0.6) is 0 Å². The van der Waals surface area contributed by atoms with Crippen LogP contribution in [0.15, 0.2) is 28.7 Å². The second kappa shape index (κ2) is 5.32. The molecule has 0 bridgehead atoms. The summed E-state index contributed by atoms with van der Waals surface area (Å²) in [6.45, 7) is -0.323. The van der Waals surface area contributed by atoms with E-state index >= 15 is 0 Å². The summed E-state index contributed by atoms with van der Waals surface area (Å²) in [5.41, 5.74) is 0.767. The largest absolute Gasteiger partial charge is 0.394 e. The van der Waals surface area contributed by atoms with Crippen LogP contribution in [-0.4, -0.2) is 46.5 Å². The van der Waals surface area contributed by atoms with Gasteiger partial charge in [0.2, 0.25) is 0 Å². The van der Waals surface area contributed by atoms with E-state index in [1.807, 2.05) is 24.3 Å². The molecule has 1 saturated heterocycles. The van der Waals surface area contributed by atoms with Crippen molar-refractivity contribution in [3.63, 3.8) is 0 Å². The van der Waals surface area contributed by atoms with Crippen molar-refractivity contribution < 1.29 is 20.1 Å². The standard InChI is InChI=1S/C11H14BrNO4/c12-6-1-3-7(4-2-6)13-11-10(16)9(15)8(5-14)17-11/h1-4,8-11,13-16H,5H2/t8-,9-,10-,11-/m0/s1. The molecule has 0 aromatic heterocycles. The second-order valence-electron chi connectivity index (χ2n) is 3.91. The number of hydrogen-bond acceptors (Lipinski definition) is 5. The summed E-state index contributed by atoms with van der Waals surface area (Å²) >= 11 is 3.32. The lowest BCUT2D eigenvalue weighted by atomic mass is 10.1. The minimum atomic E-state index is -1.08. The first kappa shape index (κ1) is 12.8. The van der Waals surface area contributed by atoms with Crippen LogP contribution in [0.1, 0.15) is 0 Å². The van der Waals surface area contributed by atoms with Gasteiger partial charge in [0.15, 0.2) is 6.23 Å². The van der Waals surface area contributed by atoms with Crippen molar-refractivity contribution in [2.75, 3.05) is 11.9 Å². The summed E-state index contributed by atoms with van der Waals surface area (Å²) in [5.74, 6) is 0. The zero-order valence-corrected chi connectivity index (χ0v) is 10.5. The maximum atomic E-state index is 9.72. The van der Waals surface area contributed by atoms with Crippen molar-refractivity contribution in [3.05, 3.63) is 28.7 Å².